The Morgan fingerprint density at radius 1 is 1.38 bits per heavy atom. The molecule has 24 heavy (non-hydrogen) atoms. The number of primary amides is 1. The van der Waals surface area contributed by atoms with E-state index >= 15 is 0 Å². The third-order valence-electron chi connectivity index (χ3n) is 4.23. The minimum Gasteiger partial charge on any atom is -0.373 e. The monoisotopic (exact) mass is 345 g/mol. The average Bonchev–Trinajstić information content (AvgIpc) is 2.61. The van der Waals surface area contributed by atoms with Crippen LogP contribution in [0.25, 0.3) is 0 Å². The molecule has 0 radical (unpaired) electrons. The number of ether oxygens (including phenoxy) is 1. The Labute approximate surface area is 146 Å². The molecule has 1 fully saturated rings. The van der Waals surface area contributed by atoms with E-state index in [1.165, 1.54) is 17.8 Å². The Morgan fingerprint density at radius 2 is 2.17 bits per heavy atom. The minimum absolute atomic E-state index is 0.0659. The van der Waals surface area contributed by atoms with Crippen LogP contribution in [0.5, 0.6) is 0 Å². The van der Waals surface area contributed by atoms with Gasteiger partial charge in [0.1, 0.15) is 5.82 Å². The molecule has 1 saturated heterocycles. The highest BCUT2D eigenvalue weighted by atomic mass is 35.5. The number of hydrogen-bond donors (Lipinski definition) is 2. The Kier molecular flexibility index (Phi) is 5.33. The van der Waals surface area contributed by atoms with Gasteiger partial charge in [-0.25, -0.2) is 4.98 Å². The van der Waals surface area contributed by atoms with Crippen molar-refractivity contribution in [1.82, 2.24) is 4.98 Å². The number of anilines is 1. The highest BCUT2D eigenvalue weighted by molar-refractivity contribution is 6.33. The smallest absolute Gasteiger partial charge is 0.250 e. The zero-order valence-electron chi connectivity index (χ0n) is 13.2. The molecule has 1 amide bonds. The lowest BCUT2D eigenvalue weighted by Gasteiger charge is -2.32. The molecule has 2 aromatic rings. The first-order valence-electron chi connectivity index (χ1n) is 8.01. The number of carbonyl (C=O) groups excluding carboxylic acids is 1. The molecular formula is C18H20ClN3O2. The maximum absolute atomic E-state index is 11.2. The quantitative estimate of drug-likeness (QED) is 0.870. The molecule has 3 N–H and O–H groups in total. The molecule has 1 aromatic heterocycles. The number of halogens is 1. The van der Waals surface area contributed by atoms with E-state index < -0.39 is 5.91 Å². The lowest BCUT2D eigenvalue weighted by molar-refractivity contribution is -0.0238. The lowest BCUT2D eigenvalue weighted by atomic mass is 9.89. The highest BCUT2D eigenvalue weighted by Gasteiger charge is 2.27. The third kappa shape index (κ3) is 3.86. The van der Waals surface area contributed by atoms with Crippen LogP contribution in [-0.4, -0.2) is 24.0 Å². The molecule has 126 valence electrons. The molecule has 5 nitrogen and oxygen atoms in total. The molecule has 0 spiro atoms. The van der Waals surface area contributed by atoms with E-state index in [-0.39, 0.29) is 6.10 Å². The number of nitrogens with two attached hydrogens (primary N) is 1. The van der Waals surface area contributed by atoms with Crippen LogP contribution < -0.4 is 11.1 Å². The average molecular weight is 346 g/mol. The number of carbonyl (C=O) groups is 1. The van der Waals surface area contributed by atoms with Crippen molar-refractivity contribution < 1.29 is 9.53 Å². The van der Waals surface area contributed by atoms with Crippen molar-refractivity contribution in [2.75, 3.05) is 18.5 Å². The standard InChI is InChI=1S/C18H20ClN3O2/c19-15-9-14(17(20)23)11-22-18(15)21-10-13-7-4-8-24-16(13)12-5-2-1-3-6-12/h1-3,5-6,9,11,13,16H,4,7-8,10H2,(H2,20,23)(H,21,22). The summed E-state index contributed by atoms with van der Waals surface area (Å²) in [5, 5.41) is 3.66. The van der Waals surface area contributed by atoms with Crippen LogP contribution in [0.4, 0.5) is 5.82 Å². The fraction of sp³-hybridized carbons (Fsp3) is 0.333. The fourth-order valence-corrected chi connectivity index (χ4v) is 3.23. The summed E-state index contributed by atoms with van der Waals surface area (Å²) in [5.41, 5.74) is 6.72. The Balaban J connectivity index is 1.69. The fourth-order valence-electron chi connectivity index (χ4n) is 2.99. The summed E-state index contributed by atoms with van der Waals surface area (Å²) in [6.07, 6.45) is 3.61. The van der Waals surface area contributed by atoms with Gasteiger partial charge in [-0.3, -0.25) is 4.79 Å². The van der Waals surface area contributed by atoms with Gasteiger partial charge >= 0.3 is 0 Å². The number of nitrogens with one attached hydrogen (secondary N) is 1. The number of pyridine rings is 1. The molecule has 2 unspecified atom stereocenters. The van der Waals surface area contributed by atoms with Crippen molar-refractivity contribution in [1.29, 1.82) is 0 Å². The van der Waals surface area contributed by atoms with Gasteiger partial charge in [0.05, 0.1) is 16.7 Å². The van der Waals surface area contributed by atoms with Gasteiger partial charge in [0.15, 0.2) is 0 Å². The minimum atomic E-state index is -0.541. The lowest BCUT2D eigenvalue weighted by Crippen LogP contribution is -2.28. The first-order chi connectivity index (χ1) is 11.6. The second-order valence-corrected chi connectivity index (χ2v) is 6.31. The molecule has 6 heteroatoms. The molecular weight excluding hydrogens is 326 g/mol. The van der Waals surface area contributed by atoms with E-state index in [0.29, 0.717) is 28.9 Å². The van der Waals surface area contributed by atoms with Gasteiger partial charge in [-0.1, -0.05) is 41.9 Å². The van der Waals surface area contributed by atoms with E-state index in [1.54, 1.807) is 0 Å². The van der Waals surface area contributed by atoms with Crippen LogP contribution in [0.1, 0.15) is 34.9 Å². The summed E-state index contributed by atoms with van der Waals surface area (Å²) in [5.74, 6) is 0.342. The van der Waals surface area contributed by atoms with Crippen LogP contribution in [0.15, 0.2) is 42.6 Å². The molecule has 1 aliphatic rings. The van der Waals surface area contributed by atoms with Gasteiger partial charge in [-0.15, -0.1) is 0 Å². The molecule has 1 aromatic carbocycles. The molecule has 2 heterocycles. The number of amides is 1. The van der Waals surface area contributed by atoms with Crippen molar-refractivity contribution in [3.63, 3.8) is 0 Å². The van der Waals surface area contributed by atoms with E-state index in [0.717, 1.165) is 19.4 Å². The van der Waals surface area contributed by atoms with Crippen LogP contribution in [-0.2, 0) is 4.74 Å². The molecule has 2 atom stereocenters. The number of rotatable bonds is 5. The zero-order valence-corrected chi connectivity index (χ0v) is 14.0. The topological polar surface area (TPSA) is 77.2 Å². The van der Waals surface area contributed by atoms with Crippen LogP contribution in [0.2, 0.25) is 5.02 Å². The van der Waals surface area contributed by atoms with E-state index in [1.807, 2.05) is 18.2 Å². The van der Waals surface area contributed by atoms with Gasteiger partial charge in [-0.05, 0) is 24.5 Å². The van der Waals surface area contributed by atoms with Gasteiger partial charge in [0.2, 0.25) is 5.91 Å². The number of nitrogens with zero attached hydrogens (tertiary/aromatic N) is 1. The summed E-state index contributed by atoms with van der Waals surface area (Å²) >= 11 is 6.18. The van der Waals surface area contributed by atoms with E-state index in [2.05, 4.69) is 22.4 Å². The summed E-state index contributed by atoms with van der Waals surface area (Å²) < 4.78 is 5.99. The number of hydrogen-bond acceptors (Lipinski definition) is 4. The van der Waals surface area contributed by atoms with Crippen molar-refractivity contribution >= 4 is 23.3 Å². The number of benzene rings is 1. The third-order valence-corrected chi connectivity index (χ3v) is 4.52. The predicted molar refractivity (Wildman–Crippen MR) is 94.1 cm³/mol. The SMILES string of the molecule is NC(=O)c1cnc(NCC2CCCOC2c2ccccc2)c(Cl)c1. The van der Waals surface area contributed by atoms with Crippen molar-refractivity contribution in [2.45, 2.75) is 18.9 Å². The first kappa shape index (κ1) is 16.7. The van der Waals surface area contributed by atoms with Crippen LogP contribution >= 0.6 is 11.6 Å². The van der Waals surface area contributed by atoms with Gasteiger partial charge in [0, 0.05) is 25.3 Å². The second-order valence-electron chi connectivity index (χ2n) is 5.90. The summed E-state index contributed by atoms with van der Waals surface area (Å²) in [6, 6.07) is 11.8. The van der Waals surface area contributed by atoms with Gasteiger partial charge < -0.3 is 15.8 Å². The first-order valence-corrected chi connectivity index (χ1v) is 8.38. The Bertz CT molecular complexity index is 709. The van der Waals surface area contributed by atoms with Crippen LogP contribution in [0, 0.1) is 5.92 Å². The normalized spacial score (nSPS) is 20.5. The van der Waals surface area contributed by atoms with E-state index in [4.69, 9.17) is 22.1 Å². The second kappa shape index (κ2) is 7.64. The molecule has 1 aliphatic heterocycles. The van der Waals surface area contributed by atoms with Crippen molar-refractivity contribution in [3.8, 4) is 0 Å². The largest absolute Gasteiger partial charge is 0.373 e. The van der Waals surface area contributed by atoms with Gasteiger partial charge in [-0.2, -0.15) is 0 Å². The molecule has 0 aliphatic carbocycles. The summed E-state index contributed by atoms with van der Waals surface area (Å²) in [6.45, 7) is 1.48. The maximum atomic E-state index is 11.2. The maximum Gasteiger partial charge on any atom is 0.250 e. The highest BCUT2D eigenvalue weighted by Crippen LogP contribution is 2.34. The molecule has 0 bridgehead atoms. The Hall–Kier alpha value is -2.11. The predicted octanol–water partition coefficient (Wildman–Crippen LogP) is 3.41. The Morgan fingerprint density at radius 3 is 2.88 bits per heavy atom. The van der Waals surface area contributed by atoms with Gasteiger partial charge in [0.25, 0.3) is 0 Å². The molecule has 3 rings (SSSR count). The number of aromatic nitrogens is 1. The van der Waals surface area contributed by atoms with Crippen molar-refractivity contribution in [3.05, 3.63) is 58.7 Å². The summed E-state index contributed by atoms with van der Waals surface area (Å²) in [7, 11) is 0. The zero-order chi connectivity index (χ0) is 16.9. The van der Waals surface area contributed by atoms with Crippen LogP contribution in [0.3, 0.4) is 0 Å². The van der Waals surface area contributed by atoms with E-state index in [9.17, 15) is 4.79 Å². The van der Waals surface area contributed by atoms with Crippen molar-refractivity contribution in [2.24, 2.45) is 11.7 Å². The molecule has 0 saturated carbocycles. The summed E-state index contributed by atoms with van der Waals surface area (Å²) in [4.78, 5) is 15.4.